The molecule has 1 saturated heterocycles. The van der Waals surface area contributed by atoms with Gasteiger partial charge in [0.05, 0.1) is 6.04 Å². The zero-order chi connectivity index (χ0) is 21.8. The van der Waals surface area contributed by atoms with Crippen LogP contribution in [0.4, 0.5) is 5.69 Å². The van der Waals surface area contributed by atoms with Crippen molar-refractivity contribution in [1.82, 2.24) is 10.2 Å². The molecule has 1 atom stereocenters. The van der Waals surface area contributed by atoms with Crippen LogP contribution >= 0.6 is 0 Å². The number of carbonyl (C=O) groups is 2. The zero-order valence-electron chi connectivity index (χ0n) is 18.7. The molecule has 31 heavy (non-hydrogen) atoms. The summed E-state index contributed by atoms with van der Waals surface area (Å²) >= 11 is 0. The van der Waals surface area contributed by atoms with E-state index in [9.17, 15) is 9.59 Å². The molecule has 1 aliphatic carbocycles. The monoisotopic (exact) mass is 419 g/mol. The molecular formula is C26H33N3O2. The van der Waals surface area contributed by atoms with E-state index in [1.54, 1.807) is 4.90 Å². The molecule has 5 nitrogen and oxygen atoms in total. The number of hydrogen-bond acceptors (Lipinski definition) is 3. The molecule has 1 unspecified atom stereocenters. The van der Waals surface area contributed by atoms with Gasteiger partial charge in [0.1, 0.15) is 0 Å². The van der Waals surface area contributed by atoms with Crippen LogP contribution in [0.15, 0.2) is 42.5 Å². The number of nitrogens with zero attached hydrogens (tertiary/aromatic N) is 2. The first-order valence-electron chi connectivity index (χ1n) is 11.6. The highest BCUT2D eigenvalue weighted by atomic mass is 16.2. The average molecular weight is 420 g/mol. The zero-order valence-corrected chi connectivity index (χ0v) is 18.7. The standard InChI is InChI=1S/C26H33N3O2/c1-3-24(22-12-11-20-8-4-5-9-21(20)18-22)27-25(30)26(31)29-15-13-28(14-16-29)23-10-6-7-19(2)17-23/h6-7,10-12,17-18,24H,3-5,8-9,13-16H2,1-2H3,(H,27,30). The third kappa shape index (κ3) is 4.92. The fourth-order valence-electron chi connectivity index (χ4n) is 4.75. The maximum Gasteiger partial charge on any atom is 0.312 e. The lowest BCUT2D eigenvalue weighted by atomic mass is 9.89. The van der Waals surface area contributed by atoms with Crippen molar-refractivity contribution in [1.29, 1.82) is 0 Å². The van der Waals surface area contributed by atoms with E-state index in [1.165, 1.54) is 35.2 Å². The summed E-state index contributed by atoms with van der Waals surface area (Å²) < 4.78 is 0. The Morgan fingerprint density at radius 3 is 2.42 bits per heavy atom. The van der Waals surface area contributed by atoms with Gasteiger partial charge < -0.3 is 15.1 Å². The summed E-state index contributed by atoms with van der Waals surface area (Å²) in [6.45, 7) is 6.75. The molecule has 2 aromatic rings. The van der Waals surface area contributed by atoms with Gasteiger partial charge in [0, 0.05) is 31.9 Å². The van der Waals surface area contributed by atoms with Crippen LogP contribution in [0.2, 0.25) is 0 Å². The summed E-state index contributed by atoms with van der Waals surface area (Å²) in [7, 11) is 0. The lowest BCUT2D eigenvalue weighted by Gasteiger charge is -2.36. The first-order chi connectivity index (χ1) is 15.0. The van der Waals surface area contributed by atoms with E-state index in [0.29, 0.717) is 13.1 Å². The van der Waals surface area contributed by atoms with Crippen LogP contribution in [0.3, 0.4) is 0 Å². The second-order valence-electron chi connectivity index (χ2n) is 8.79. The molecule has 2 aromatic carbocycles. The Morgan fingerprint density at radius 1 is 0.968 bits per heavy atom. The number of fused-ring (bicyclic) bond motifs is 1. The fourth-order valence-corrected chi connectivity index (χ4v) is 4.75. The Kier molecular flexibility index (Phi) is 6.59. The quantitative estimate of drug-likeness (QED) is 0.767. The van der Waals surface area contributed by atoms with Gasteiger partial charge in [0.2, 0.25) is 0 Å². The molecule has 2 amide bonds. The number of nitrogens with one attached hydrogen (secondary N) is 1. The number of carbonyl (C=O) groups excluding carboxylic acids is 2. The summed E-state index contributed by atoms with van der Waals surface area (Å²) in [6, 6.07) is 14.8. The Bertz CT molecular complexity index is 947. The second kappa shape index (κ2) is 9.54. The topological polar surface area (TPSA) is 52.7 Å². The van der Waals surface area contributed by atoms with Gasteiger partial charge >= 0.3 is 11.8 Å². The molecule has 0 spiro atoms. The molecule has 1 N–H and O–H groups in total. The molecule has 1 fully saturated rings. The van der Waals surface area contributed by atoms with E-state index in [-0.39, 0.29) is 6.04 Å². The van der Waals surface area contributed by atoms with Gasteiger partial charge in [-0.15, -0.1) is 0 Å². The number of piperazine rings is 1. The van der Waals surface area contributed by atoms with Gasteiger partial charge in [-0.3, -0.25) is 9.59 Å². The Balaban J connectivity index is 1.35. The maximum atomic E-state index is 12.8. The minimum Gasteiger partial charge on any atom is -0.368 e. The lowest BCUT2D eigenvalue weighted by Crippen LogP contribution is -2.53. The average Bonchev–Trinajstić information content (AvgIpc) is 2.81. The van der Waals surface area contributed by atoms with Crippen LogP contribution in [-0.4, -0.2) is 42.9 Å². The summed E-state index contributed by atoms with van der Waals surface area (Å²) in [4.78, 5) is 29.5. The van der Waals surface area contributed by atoms with Gasteiger partial charge in [0.15, 0.2) is 0 Å². The number of anilines is 1. The van der Waals surface area contributed by atoms with Crippen molar-refractivity contribution in [3.8, 4) is 0 Å². The smallest absolute Gasteiger partial charge is 0.312 e. The van der Waals surface area contributed by atoms with Gasteiger partial charge in [-0.05, 0) is 73.4 Å². The summed E-state index contributed by atoms with van der Waals surface area (Å²) in [5, 5.41) is 2.99. The predicted octanol–water partition coefficient (Wildman–Crippen LogP) is 3.79. The third-order valence-corrected chi connectivity index (χ3v) is 6.62. The lowest BCUT2D eigenvalue weighted by molar-refractivity contribution is -0.146. The molecule has 1 heterocycles. The molecule has 2 aliphatic rings. The van der Waals surface area contributed by atoms with Gasteiger partial charge in [-0.25, -0.2) is 0 Å². The minimum atomic E-state index is -0.492. The Hall–Kier alpha value is -2.82. The molecule has 1 aliphatic heterocycles. The summed E-state index contributed by atoms with van der Waals surface area (Å²) in [5.41, 5.74) is 6.33. The van der Waals surface area contributed by atoms with E-state index in [4.69, 9.17) is 0 Å². The normalized spacial score (nSPS) is 17.1. The minimum absolute atomic E-state index is 0.128. The van der Waals surface area contributed by atoms with Gasteiger partial charge in [-0.1, -0.05) is 37.3 Å². The summed E-state index contributed by atoms with van der Waals surface area (Å²) in [5.74, 6) is -0.908. The second-order valence-corrected chi connectivity index (χ2v) is 8.79. The number of rotatable bonds is 4. The van der Waals surface area contributed by atoms with Gasteiger partial charge in [0.25, 0.3) is 0 Å². The van der Waals surface area contributed by atoms with Crippen molar-refractivity contribution >= 4 is 17.5 Å². The van der Waals surface area contributed by atoms with E-state index in [1.807, 2.05) is 0 Å². The predicted molar refractivity (Wildman–Crippen MR) is 124 cm³/mol. The molecule has 4 rings (SSSR count). The number of hydrogen-bond donors (Lipinski definition) is 1. The van der Waals surface area contributed by atoms with Crippen LogP contribution in [0.5, 0.6) is 0 Å². The van der Waals surface area contributed by atoms with E-state index in [2.05, 4.69) is 66.5 Å². The number of amides is 2. The molecule has 0 aromatic heterocycles. The highest BCUT2D eigenvalue weighted by Crippen LogP contribution is 2.26. The van der Waals surface area contributed by atoms with Crippen molar-refractivity contribution in [3.63, 3.8) is 0 Å². The molecule has 0 bridgehead atoms. The van der Waals surface area contributed by atoms with Crippen LogP contribution < -0.4 is 10.2 Å². The largest absolute Gasteiger partial charge is 0.368 e. The van der Waals surface area contributed by atoms with Crippen LogP contribution in [0, 0.1) is 6.92 Å². The molecule has 0 saturated carbocycles. The first kappa shape index (κ1) is 21.4. The first-order valence-corrected chi connectivity index (χ1v) is 11.6. The van der Waals surface area contributed by atoms with E-state index < -0.39 is 11.8 Å². The highest BCUT2D eigenvalue weighted by molar-refractivity contribution is 6.35. The van der Waals surface area contributed by atoms with Crippen molar-refractivity contribution in [3.05, 3.63) is 64.7 Å². The Morgan fingerprint density at radius 2 is 1.71 bits per heavy atom. The third-order valence-electron chi connectivity index (χ3n) is 6.62. The van der Waals surface area contributed by atoms with Crippen molar-refractivity contribution in [2.24, 2.45) is 0 Å². The number of benzene rings is 2. The summed E-state index contributed by atoms with van der Waals surface area (Å²) in [6.07, 6.45) is 5.50. The molecular weight excluding hydrogens is 386 g/mol. The molecule has 0 radical (unpaired) electrons. The number of aryl methyl sites for hydroxylation is 3. The van der Waals surface area contributed by atoms with Crippen LogP contribution in [0.25, 0.3) is 0 Å². The maximum absolute atomic E-state index is 12.8. The van der Waals surface area contributed by atoms with Crippen molar-refractivity contribution in [2.75, 3.05) is 31.1 Å². The fraction of sp³-hybridized carbons (Fsp3) is 0.462. The van der Waals surface area contributed by atoms with Crippen molar-refractivity contribution in [2.45, 2.75) is 52.0 Å². The van der Waals surface area contributed by atoms with Crippen LogP contribution in [-0.2, 0) is 22.4 Å². The molecule has 164 valence electrons. The SMILES string of the molecule is CCC(NC(=O)C(=O)N1CCN(c2cccc(C)c2)CC1)c1ccc2c(c1)CCCC2. The van der Waals surface area contributed by atoms with E-state index in [0.717, 1.165) is 37.9 Å². The molecule has 5 heteroatoms. The highest BCUT2D eigenvalue weighted by Gasteiger charge is 2.28. The van der Waals surface area contributed by atoms with Crippen LogP contribution in [0.1, 0.15) is 54.5 Å². The van der Waals surface area contributed by atoms with Gasteiger partial charge in [-0.2, -0.15) is 0 Å². The van der Waals surface area contributed by atoms with Crippen molar-refractivity contribution < 1.29 is 9.59 Å². The Labute approximate surface area is 185 Å². The van der Waals surface area contributed by atoms with E-state index >= 15 is 0 Å².